The fraction of sp³-hybridized carbons (Fsp3) is 0. The van der Waals surface area contributed by atoms with E-state index in [0.29, 0.717) is 0 Å². The summed E-state index contributed by atoms with van der Waals surface area (Å²) in [6.45, 7) is 0.124. The zero-order valence-electron chi connectivity index (χ0n) is 16.6. The Morgan fingerprint density at radius 1 is 0.500 bits per heavy atom. The zero-order chi connectivity index (χ0) is 19.9. The molecule has 1 nitrogen and oxygen atoms in total. The average Bonchev–Trinajstić information content (AvgIpc) is 2.83. The molecule has 2 heteroatoms. The van der Waals surface area contributed by atoms with E-state index in [9.17, 15) is 0 Å². The quantitative estimate of drug-likeness (QED) is 0.351. The van der Waals surface area contributed by atoms with Crippen LogP contribution in [0.15, 0.2) is 121 Å². The van der Waals surface area contributed by atoms with E-state index in [1.54, 1.807) is 0 Å². The van der Waals surface area contributed by atoms with Crippen LogP contribution >= 0.6 is 0 Å². The van der Waals surface area contributed by atoms with Gasteiger partial charge in [-0.15, -0.1) is 0 Å². The van der Waals surface area contributed by atoms with E-state index >= 15 is 0 Å². The van der Waals surface area contributed by atoms with E-state index in [1.165, 1.54) is 44.2 Å². The number of benzene rings is 5. The van der Waals surface area contributed by atoms with Crippen molar-refractivity contribution >= 4 is 39.9 Å². The highest BCUT2D eigenvalue weighted by atomic mass is 15.1. The third-order valence-electron chi connectivity index (χ3n) is 6.08. The minimum atomic E-state index is 0.124. The molecule has 30 heavy (non-hydrogen) atoms. The number of nitrogens with zero attached hydrogens (tertiary/aromatic N) is 1. The molecular weight excluding hydrogens is 361 g/mol. The Bertz CT molecular complexity index is 1350. The van der Waals surface area contributed by atoms with Crippen LogP contribution < -0.4 is 15.7 Å². The number of hydrogen-bond acceptors (Lipinski definition) is 1. The summed E-state index contributed by atoms with van der Waals surface area (Å²) in [6, 6.07) is 43.8. The molecular formula is C28H20BN. The van der Waals surface area contributed by atoms with Gasteiger partial charge in [-0.2, -0.15) is 0 Å². The van der Waals surface area contributed by atoms with E-state index in [-0.39, 0.29) is 6.85 Å². The molecule has 0 radical (unpaired) electrons. The van der Waals surface area contributed by atoms with Gasteiger partial charge in [0.2, 0.25) is 0 Å². The molecule has 1 heterocycles. The Kier molecular flexibility index (Phi) is 3.95. The summed E-state index contributed by atoms with van der Waals surface area (Å²) in [5.41, 5.74) is 7.72. The highest BCUT2D eigenvalue weighted by Gasteiger charge is 2.36. The van der Waals surface area contributed by atoms with Crippen LogP contribution in [0.5, 0.6) is 0 Å². The Hall–Kier alpha value is -3.78. The molecule has 6 rings (SSSR count). The van der Waals surface area contributed by atoms with Crippen molar-refractivity contribution in [3.05, 3.63) is 121 Å². The summed E-state index contributed by atoms with van der Waals surface area (Å²) in [6.07, 6.45) is 0. The predicted molar refractivity (Wildman–Crippen MR) is 129 cm³/mol. The van der Waals surface area contributed by atoms with E-state index in [0.717, 1.165) is 0 Å². The van der Waals surface area contributed by atoms with Crippen LogP contribution in [-0.4, -0.2) is 6.85 Å². The third kappa shape index (κ3) is 2.65. The van der Waals surface area contributed by atoms with Gasteiger partial charge in [0.05, 0.1) is 0 Å². The molecule has 0 amide bonds. The van der Waals surface area contributed by atoms with E-state index in [4.69, 9.17) is 0 Å². The highest BCUT2D eigenvalue weighted by molar-refractivity contribution is 6.90. The van der Waals surface area contributed by atoms with Crippen LogP contribution in [-0.2, 0) is 0 Å². The molecule has 0 bridgehead atoms. The average molecular weight is 381 g/mol. The summed E-state index contributed by atoms with van der Waals surface area (Å²) < 4.78 is 0. The zero-order valence-corrected chi connectivity index (χ0v) is 16.6. The van der Waals surface area contributed by atoms with Gasteiger partial charge in [-0.25, -0.2) is 0 Å². The van der Waals surface area contributed by atoms with Gasteiger partial charge in [0.25, 0.3) is 0 Å². The molecule has 0 aliphatic carbocycles. The monoisotopic (exact) mass is 381 g/mol. The molecule has 1 aliphatic rings. The topological polar surface area (TPSA) is 3.24 Å². The van der Waals surface area contributed by atoms with E-state index in [2.05, 4.69) is 126 Å². The second-order valence-electron chi connectivity index (χ2n) is 7.82. The summed E-state index contributed by atoms with van der Waals surface area (Å²) in [7, 11) is 0. The fourth-order valence-corrected chi connectivity index (χ4v) is 4.74. The lowest BCUT2D eigenvalue weighted by Gasteiger charge is -2.39. The second-order valence-corrected chi connectivity index (χ2v) is 7.82. The van der Waals surface area contributed by atoms with Gasteiger partial charge < -0.3 is 4.81 Å². The van der Waals surface area contributed by atoms with Crippen molar-refractivity contribution in [2.75, 3.05) is 4.81 Å². The van der Waals surface area contributed by atoms with Crippen LogP contribution in [0.3, 0.4) is 0 Å². The lowest BCUT2D eigenvalue weighted by Crippen LogP contribution is -2.57. The predicted octanol–water partition coefficient (Wildman–Crippen LogP) is 5.76. The first-order chi connectivity index (χ1) is 14.9. The van der Waals surface area contributed by atoms with Gasteiger partial charge in [-0.05, 0) is 46.1 Å². The van der Waals surface area contributed by atoms with Crippen LogP contribution in [0.2, 0.25) is 0 Å². The molecule has 0 saturated heterocycles. The standard InChI is InChI=1S/C28H20BN/c1-3-13-23(14-4-1)29-27-18-10-9-17-25(27)26-19-21-11-7-8-12-22(21)20-28(26)30(29)24-15-5-2-6-16-24/h1-20H. The summed E-state index contributed by atoms with van der Waals surface area (Å²) in [4.78, 5) is 2.50. The fourth-order valence-electron chi connectivity index (χ4n) is 4.74. The summed E-state index contributed by atoms with van der Waals surface area (Å²) in [5, 5.41) is 2.54. The Morgan fingerprint density at radius 3 is 1.87 bits per heavy atom. The van der Waals surface area contributed by atoms with Crippen LogP contribution in [0.25, 0.3) is 21.9 Å². The Balaban J connectivity index is 1.72. The number of hydrogen-bond donors (Lipinski definition) is 0. The second kappa shape index (κ2) is 6.93. The van der Waals surface area contributed by atoms with E-state index < -0.39 is 0 Å². The molecule has 0 saturated carbocycles. The first-order valence-corrected chi connectivity index (χ1v) is 10.4. The van der Waals surface area contributed by atoms with Gasteiger partial charge in [-0.3, -0.25) is 0 Å². The van der Waals surface area contributed by atoms with Crippen LogP contribution in [0.4, 0.5) is 11.4 Å². The molecule has 140 valence electrons. The molecule has 0 N–H and O–H groups in total. The molecule has 5 aromatic carbocycles. The molecule has 5 aromatic rings. The number of fused-ring (bicyclic) bond motifs is 4. The minimum Gasteiger partial charge on any atom is -0.376 e. The third-order valence-corrected chi connectivity index (χ3v) is 6.08. The number of para-hydroxylation sites is 1. The van der Waals surface area contributed by atoms with Gasteiger partial charge in [0.15, 0.2) is 0 Å². The van der Waals surface area contributed by atoms with Crippen LogP contribution in [0.1, 0.15) is 0 Å². The SMILES string of the molecule is c1ccc(B2c3ccccc3-c3cc4ccccc4cc3N2c2ccccc2)cc1. The maximum atomic E-state index is 2.50. The van der Waals surface area contributed by atoms with Gasteiger partial charge in [0.1, 0.15) is 0 Å². The molecule has 1 aliphatic heterocycles. The Morgan fingerprint density at radius 2 is 1.10 bits per heavy atom. The molecule has 0 atom stereocenters. The molecule has 0 spiro atoms. The van der Waals surface area contributed by atoms with Crippen molar-refractivity contribution in [2.24, 2.45) is 0 Å². The molecule has 0 aromatic heterocycles. The maximum Gasteiger partial charge on any atom is 0.328 e. The maximum absolute atomic E-state index is 2.50. The first-order valence-electron chi connectivity index (χ1n) is 10.4. The van der Waals surface area contributed by atoms with Crippen molar-refractivity contribution in [1.29, 1.82) is 0 Å². The lowest BCUT2D eigenvalue weighted by atomic mass is 9.45. The number of rotatable bonds is 2. The summed E-state index contributed by atoms with van der Waals surface area (Å²) in [5.74, 6) is 0. The smallest absolute Gasteiger partial charge is 0.328 e. The van der Waals surface area contributed by atoms with Crippen molar-refractivity contribution in [2.45, 2.75) is 0 Å². The minimum absolute atomic E-state index is 0.124. The lowest BCUT2D eigenvalue weighted by molar-refractivity contribution is 1.37. The summed E-state index contributed by atoms with van der Waals surface area (Å²) >= 11 is 0. The number of anilines is 2. The normalized spacial score (nSPS) is 12.5. The van der Waals surface area contributed by atoms with Crippen molar-refractivity contribution < 1.29 is 0 Å². The van der Waals surface area contributed by atoms with Gasteiger partial charge in [-0.1, -0.05) is 103 Å². The molecule has 0 fully saturated rings. The highest BCUT2D eigenvalue weighted by Crippen LogP contribution is 2.41. The van der Waals surface area contributed by atoms with Crippen molar-refractivity contribution in [3.63, 3.8) is 0 Å². The van der Waals surface area contributed by atoms with Gasteiger partial charge in [0, 0.05) is 16.9 Å². The van der Waals surface area contributed by atoms with Crippen LogP contribution in [0, 0.1) is 0 Å². The van der Waals surface area contributed by atoms with Crippen molar-refractivity contribution in [3.8, 4) is 11.1 Å². The van der Waals surface area contributed by atoms with E-state index in [1.807, 2.05) is 0 Å². The Labute approximate surface area is 177 Å². The van der Waals surface area contributed by atoms with Crippen molar-refractivity contribution in [1.82, 2.24) is 0 Å². The largest absolute Gasteiger partial charge is 0.376 e. The molecule has 0 unspecified atom stereocenters. The first kappa shape index (κ1) is 17.1. The van der Waals surface area contributed by atoms with Gasteiger partial charge >= 0.3 is 6.85 Å².